The van der Waals surface area contributed by atoms with Crippen LogP contribution in [0.1, 0.15) is 23.7 Å². The lowest BCUT2D eigenvalue weighted by Crippen LogP contribution is -2.22. The average molecular weight is 267 g/mol. The molecular formula is C12H17N3O4. The molecule has 0 heterocycles. The third-order valence-corrected chi connectivity index (χ3v) is 2.40. The molecule has 0 aliphatic heterocycles. The van der Waals surface area contributed by atoms with E-state index in [0.717, 1.165) is 13.0 Å². The van der Waals surface area contributed by atoms with Crippen molar-refractivity contribution < 1.29 is 14.5 Å². The summed E-state index contributed by atoms with van der Waals surface area (Å²) >= 11 is 0. The summed E-state index contributed by atoms with van der Waals surface area (Å²) in [5, 5.41) is 13.9. The smallest absolute Gasteiger partial charge is 0.310 e. The maximum atomic E-state index is 11.0. The number of rotatable bonds is 8. The van der Waals surface area contributed by atoms with Gasteiger partial charge in [0.2, 0.25) is 5.91 Å². The average Bonchev–Trinajstić information content (AvgIpc) is 2.38. The number of nitrogens with two attached hydrogens (primary N) is 1. The van der Waals surface area contributed by atoms with Crippen LogP contribution < -0.4 is 15.8 Å². The van der Waals surface area contributed by atoms with E-state index in [1.54, 1.807) is 0 Å². The first-order chi connectivity index (χ1) is 9.06. The van der Waals surface area contributed by atoms with Crippen molar-refractivity contribution in [1.29, 1.82) is 0 Å². The Kier molecular flexibility index (Phi) is 5.74. The number of nitrogens with one attached hydrogen (secondary N) is 1. The van der Waals surface area contributed by atoms with Crippen LogP contribution >= 0.6 is 0 Å². The maximum absolute atomic E-state index is 11.0. The molecule has 1 aromatic rings. The molecule has 7 heteroatoms. The van der Waals surface area contributed by atoms with E-state index in [4.69, 9.17) is 10.5 Å². The first-order valence-electron chi connectivity index (χ1n) is 5.98. The predicted octanol–water partition coefficient (Wildman–Crippen LogP) is 1.07. The number of carbonyl (C=O) groups excluding carboxylic acids is 1. The highest BCUT2D eigenvalue weighted by Gasteiger charge is 2.17. The second-order valence-electron chi connectivity index (χ2n) is 3.90. The summed E-state index contributed by atoms with van der Waals surface area (Å²) < 4.78 is 5.32. The van der Waals surface area contributed by atoms with E-state index in [1.807, 2.05) is 6.92 Å². The van der Waals surface area contributed by atoms with Crippen molar-refractivity contribution in [3.63, 3.8) is 0 Å². The van der Waals surface area contributed by atoms with Gasteiger partial charge < -0.3 is 15.8 Å². The van der Waals surface area contributed by atoms with Gasteiger partial charge in [0.1, 0.15) is 6.61 Å². The van der Waals surface area contributed by atoms with E-state index >= 15 is 0 Å². The van der Waals surface area contributed by atoms with Gasteiger partial charge >= 0.3 is 5.69 Å². The second kappa shape index (κ2) is 7.32. The minimum atomic E-state index is -0.649. The number of nitro benzene ring substituents is 1. The lowest BCUT2D eigenvalue weighted by Gasteiger charge is -2.08. The van der Waals surface area contributed by atoms with Crippen molar-refractivity contribution in [2.45, 2.75) is 13.3 Å². The van der Waals surface area contributed by atoms with Gasteiger partial charge in [-0.05, 0) is 19.0 Å². The van der Waals surface area contributed by atoms with Gasteiger partial charge in [0.05, 0.1) is 4.92 Å². The Bertz CT molecular complexity index is 462. The third-order valence-electron chi connectivity index (χ3n) is 2.40. The molecule has 7 nitrogen and oxygen atoms in total. The zero-order valence-corrected chi connectivity index (χ0v) is 10.7. The van der Waals surface area contributed by atoms with Crippen molar-refractivity contribution in [1.82, 2.24) is 5.32 Å². The molecule has 0 aliphatic carbocycles. The molecule has 0 unspecified atom stereocenters. The standard InChI is InChI=1S/C12H17N3O4/c1-2-5-14-6-7-19-11-8-9(12(13)16)3-4-10(11)15(17)18/h3-4,8,14H,2,5-7H2,1H3,(H2,13,16). The fourth-order valence-corrected chi connectivity index (χ4v) is 1.47. The summed E-state index contributed by atoms with van der Waals surface area (Å²) in [5.41, 5.74) is 5.13. The number of carbonyl (C=O) groups is 1. The molecule has 0 aliphatic rings. The van der Waals surface area contributed by atoms with E-state index < -0.39 is 10.8 Å². The highest BCUT2D eigenvalue weighted by molar-refractivity contribution is 5.93. The number of hydrogen-bond donors (Lipinski definition) is 2. The van der Waals surface area contributed by atoms with E-state index in [1.165, 1.54) is 18.2 Å². The van der Waals surface area contributed by atoms with Crippen LogP contribution in [0.15, 0.2) is 18.2 Å². The molecule has 0 fully saturated rings. The zero-order chi connectivity index (χ0) is 14.3. The van der Waals surface area contributed by atoms with Crippen molar-refractivity contribution in [2.24, 2.45) is 5.73 Å². The van der Waals surface area contributed by atoms with Gasteiger partial charge in [0, 0.05) is 24.2 Å². The summed E-state index contributed by atoms with van der Waals surface area (Å²) in [7, 11) is 0. The third kappa shape index (κ3) is 4.55. The molecule has 0 saturated heterocycles. The molecule has 0 bridgehead atoms. The molecule has 0 radical (unpaired) electrons. The normalized spacial score (nSPS) is 10.2. The molecule has 3 N–H and O–H groups in total. The molecule has 19 heavy (non-hydrogen) atoms. The molecule has 0 atom stereocenters. The van der Waals surface area contributed by atoms with Crippen LogP contribution in [0, 0.1) is 10.1 Å². The molecule has 1 amide bonds. The fraction of sp³-hybridized carbons (Fsp3) is 0.417. The van der Waals surface area contributed by atoms with Crippen molar-refractivity contribution >= 4 is 11.6 Å². The Balaban J connectivity index is 2.74. The van der Waals surface area contributed by atoms with Gasteiger partial charge in [0.25, 0.3) is 0 Å². The first-order valence-corrected chi connectivity index (χ1v) is 5.98. The van der Waals surface area contributed by atoms with Crippen LogP contribution in [0.2, 0.25) is 0 Å². The monoisotopic (exact) mass is 267 g/mol. The van der Waals surface area contributed by atoms with Crippen molar-refractivity contribution in [3.8, 4) is 5.75 Å². The highest BCUT2D eigenvalue weighted by atomic mass is 16.6. The molecule has 0 spiro atoms. The quantitative estimate of drug-likeness (QED) is 0.416. The Hall–Kier alpha value is -2.15. The van der Waals surface area contributed by atoms with E-state index in [-0.39, 0.29) is 23.6 Å². The molecule has 0 saturated carbocycles. The second-order valence-corrected chi connectivity index (χ2v) is 3.90. The number of benzene rings is 1. The summed E-state index contributed by atoms with van der Waals surface area (Å²) in [6, 6.07) is 3.82. The Morgan fingerprint density at radius 1 is 1.47 bits per heavy atom. The maximum Gasteiger partial charge on any atom is 0.310 e. The minimum absolute atomic E-state index is 0.0552. The number of primary amides is 1. The van der Waals surface area contributed by atoms with Crippen molar-refractivity contribution in [3.05, 3.63) is 33.9 Å². The lowest BCUT2D eigenvalue weighted by atomic mass is 10.2. The molecule has 0 aromatic heterocycles. The van der Waals surface area contributed by atoms with Gasteiger partial charge in [-0.25, -0.2) is 0 Å². The summed E-state index contributed by atoms with van der Waals surface area (Å²) in [5.74, 6) is -0.594. The van der Waals surface area contributed by atoms with Crippen LogP contribution in [0.4, 0.5) is 5.69 Å². The van der Waals surface area contributed by atoms with E-state index in [0.29, 0.717) is 6.54 Å². The first kappa shape index (κ1) is 14.9. The number of amides is 1. The molecule has 1 rings (SSSR count). The highest BCUT2D eigenvalue weighted by Crippen LogP contribution is 2.27. The van der Waals surface area contributed by atoms with Gasteiger partial charge in [-0.2, -0.15) is 0 Å². The van der Waals surface area contributed by atoms with Gasteiger partial charge in [-0.15, -0.1) is 0 Å². The summed E-state index contributed by atoms with van der Waals surface area (Å²) in [4.78, 5) is 21.3. The Morgan fingerprint density at radius 3 is 2.79 bits per heavy atom. The zero-order valence-electron chi connectivity index (χ0n) is 10.7. The van der Waals surface area contributed by atoms with E-state index in [9.17, 15) is 14.9 Å². The van der Waals surface area contributed by atoms with Crippen LogP contribution in [-0.2, 0) is 0 Å². The number of ether oxygens (including phenoxy) is 1. The predicted molar refractivity (Wildman–Crippen MR) is 70.3 cm³/mol. The topological polar surface area (TPSA) is 107 Å². The Morgan fingerprint density at radius 2 is 2.21 bits per heavy atom. The molecule has 1 aromatic carbocycles. The van der Waals surface area contributed by atoms with Gasteiger partial charge in [0.15, 0.2) is 5.75 Å². The van der Waals surface area contributed by atoms with E-state index in [2.05, 4.69) is 5.32 Å². The number of hydrogen-bond acceptors (Lipinski definition) is 5. The van der Waals surface area contributed by atoms with Crippen LogP contribution in [0.25, 0.3) is 0 Å². The van der Waals surface area contributed by atoms with Crippen molar-refractivity contribution in [2.75, 3.05) is 19.7 Å². The SMILES string of the molecule is CCCNCCOc1cc(C(N)=O)ccc1[N+](=O)[O-]. The van der Waals surface area contributed by atoms with Crippen LogP contribution in [0.5, 0.6) is 5.75 Å². The Labute approximate surface area is 110 Å². The largest absolute Gasteiger partial charge is 0.485 e. The summed E-state index contributed by atoms with van der Waals surface area (Å²) in [6.07, 6.45) is 0.997. The minimum Gasteiger partial charge on any atom is -0.485 e. The number of nitrogens with zero attached hydrogens (tertiary/aromatic N) is 1. The van der Waals surface area contributed by atoms with Gasteiger partial charge in [-0.1, -0.05) is 6.92 Å². The van der Waals surface area contributed by atoms with Crippen LogP contribution in [0.3, 0.4) is 0 Å². The fourth-order valence-electron chi connectivity index (χ4n) is 1.47. The summed E-state index contributed by atoms with van der Waals surface area (Å²) in [6.45, 7) is 3.75. The lowest BCUT2D eigenvalue weighted by molar-refractivity contribution is -0.385. The number of nitro groups is 1. The van der Waals surface area contributed by atoms with Gasteiger partial charge in [-0.3, -0.25) is 14.9 Å². The van der Waals surface area contributed by atoms with Crippen LogP contribution in [-0.4, -0.2) is 30.5 Å². The molecule has 104 valence electrons. The molecular weight excluding hydrogens is 250 g/mol.